The van der Waals surface area contributed by atoms with E-state index in [9.17, 15) is 13.2 Å². The molecule has 0 spiro atoms. The molecule has 5 nitrogen and oxygen atoms in total. The Morgan fingerprint density at radius 3 is 2.29 bits per heavy atom. The van der Waals surface area contributed by atoms with Crippen LogP contribution in [0.5, 0.6) is 0 Å². The van der Waals surface area contributed by atoms with Gasteiger partial charge in [0.05, 0.1) is 16.4 Å². The van der Waals surface area contributed by atoms with Gasteiger partial charge in [-0.2, -0.15) is 0 Å². The van der Waals surface area contributed by atoms with E-state index >= 15 is 0 Å². The lowest BCUT2D eigenvalue weighted by molar-refractivity contribution is 0.102. The summed E-state index contributed by atoms with van der Waals surface area (Å²) in [6.45, 7) is 3.74. The van der Waals surface area contributed by atoms with Crippen molar-refractivity contribution in [2.75, 3.05) is 10.0 Å². The number of carbonyl (C=O) groups is 1. The van der Waals surface area contributed by atoms with Gasteiger partial charge in [0, 0.05) is 15.4 Å². The predicted octanol–water partition coefficient (Wildman–Crippen LogP) is 7.16. The van der Waals surface area contributed by atoms with Crippen LogP contribution in [0.3, 0.4) is 0 Å². The van der Waals surface area contributed by atoms with E-state index < -0.39 is 15.9 Å². The summed E-state index contributed by atoms with van der Waals surface area (Å²) in [4.78, 5) is 14.8. The van der Waals surface area contributed by atoms with Gasteiger partial charge in [0.2, 0.25) is 0 Å². The molecule has 0 aliphatic carbocycles. The van der Waals surface area contributed by atoms with Crippen LogP contribution in [-0.2, 0) is 10.0 Å². The van der Waals surface area contributed by atoms with E-state index in [1.54, 1.807) is 18.2 Å². The first kappa shape index (κ1) is 24.9. The van der Waals surface area contributed by atoms with E-state index in [0.29, 0.717) is 11.4 Å². The highest BCUT2D eigenvalue weighted by Gasteiger charge is 2.22. The molecule has 0 atom stereocenters. The zero-order chi connectivity index (χ0) is 25.0. The molecule has 0 saturated heterocycles. The van der Waals surface area contributed by atoms with Crippen LogP contribution in [-0.4, -0.2) is 14.3 Å². The third-order valence-electron chi connectivity index (χ3n) is 5.44. The van der Waals surface area contributed by atoms with Gasteiger partial charge in [-0.1, -0.05) is 65.8 Å². The van der Waals surface area contributed by atoms with Crippen molar-refractivity contribution in [3.05, 3.63) is 113 Å². The molecule has 178 valence electrons. The second kappa shape index (κ2) is 10.6. The lowest BCUT2D eigenvalue weighted by atomic mass is 10.1. The number of hydrogen-bond acceptors (Lipinski definition) is 4. The van der Waals surface area contributed by atoms with Gasteiger partial charge in [0.25, 0.3) is 15.9 Å². The summed E-state index contributed by atoms with van der Waals surface area (Å²) in [6, 6.07) is 26.8. The first-order valence-electron chi connectivity index (χ1n) is 10.8. The number of aryl methyl sites for hydroxylation is 1. The summed E-state index contributed by atoms with van der Waals surface area (Å²) >= 11 is 7.77. The minimum Gasteiger partial charge on any atom is -0.321 e. The Morgan fingerprint density at radius 1 is 0.829 bits per heavy atom. The molecule has 0 saturated carbocycles. The summed E-state index contributed by atoms with van der Waals surface area (Å²) < 4.78 is 28.9. The van der Waals surface area contributed by atoms with Gasteiger partial charge in [-0.3, -0.25) is 9.52 Å². The monoisotopic (exact) mass is 522 g/mol. The first-order chi connectivity index (χ1) is 16.7. The molecule has 35 heavy (non-hydrogen) atoms. The molecule has 0 radical (unpaired) electrons. The third-order valence-corrected chi connectivity index (χ3v) is 8.37. The first-order valence-corrected chi connectivity index (χ1v) is 13.4. The van der Waals surface area contributed by atoms with Crippen LogP contribution in [0.25, 0.3) is 0 Å². The van der Waals surface area contributed by atoms with Crippen LogP contribution in [0.4, 0.5) is 11.4 Å². The molecular formula is C27H23ClN2O3S2. The van der Waals surface area contributed by atoms with Gasteiger partial charge in [-0.15, -0.1) is 0 Å². The Labute approximate surface area is 214 Å². The van der Waals surface area contributed by atoms with Crippen molar-refractivity contribution in [3.63, 3.8) is 0 Å². The van der Waals surface area contributed by atoms with Gasteiger partial charge in [-0.25, -0.2) is 8.42 Å². The lowest BCUT2D eigenvalue weighted by Crippen LogP contribution is -2.17. The Hall–Kier alpha value is -3.26. The number of halogens is 1. The van der Waals surface area contributed by atoms with E-state index in [1.807, 2.05) is 68.4 Å². The van der Waals surface area contributed by atoms with Crippen LogP contribution in [0, 0.1) is 13.8 Å². The molecule has 0 aromatic heterocycles. The summed E-state index contributed by atoms with van der Waals surface area (Å²) in [7, 11) is -4.03. The van der Waals surface area contributed by atoms with Crippen molar-refractivity contribution >= 4 is 50.7 Å². The molecule has 0 fully saturated rings. The van der Waals surface area contributed by atoms with Crippen molar-refractivity contribution in [3.8, 4) is 0 Å². The second-order valence-electron chi connectivity index (χ2n) is 7.86. The molecule has 0 aliphatic heterocycles. The summed E-state index contributed by atoms with van der Waals surface area (Å²) in [5, 5.41) is 2.92. The van der Waals surface area contributed by atoms with E-state index in [4.69, 9.17) is 11.6 Å². The number of hydrogen-bond donors (Lipinski definition) is 2. The van der Waals surface area contributed by atoms with Crippen molar-refractivity contribution in [1.82, 2.24) is 0 Å². The van der Waals surface area contributed by atoms with Gasteiger partial charge in [-0.05, 0) is 73.5 Å². The third kappa shape index (κ3) is 5.88. The molecule has 4 rings (SSSR count). The summed E-state index contributed by atoms with van der Waals surface area (Å²) in [5.74, 6) is -0.439. The molecule has 4 aromatic rings. The van der Waals surface area contributed by atoms with E-state index in [1.165, 1.54) is 30.0 Å². The van der Waals surface area contributed by atoms with Crippen molar-refractivity contribution < 1.29 is 13.2 Å². The molecule has 0 heterocycles. The van der Waals surface area contributed by atoms with Crippen LogP contribution in [0.1, 0.15) is 21.5 Å². The van der Waals surface area contributed by atoms with E-state index in [0.717, 1.165) is 20.9 Å². The van der Waals surface area contributed by atoms with Crippen LogP contribution in [0.2, 0.25) is 5.02 Å². The number of sulfonamides is 1. The maximum absolute atomic E-state index is 13.1. The van der Waals surface area contributed by atoms with E-state index in [2.05, 4.69) is 10.0 Å². The van der Waals surface area contributed by atoms with Crippen molar-refractivity contribution in [2.24, 2.45) is 0 Å². The molecule has 8 heteroatoms. The average molecular weight is 523 g/mol. The molecule has 0 bridgehead atoms. The van der Waals surface area contributed by atoms with Gasteiger partial charge in [0.1, 0.15) is 4.90 Å². The SMILES string of the molecule is Cc1cccc(NS(=O)(=O)c2cc(C(=O)Nc3ccccc3Sc3ccccc3)ccc2Cl)c1C. The molecule has 0 unspecified atom stereocenters. The standard InChI is InChI=1S/C27H23ClN2O3S2/c1-18-9-8-13-23(19(18)2)30-35(32,33)26-17-20(15-16-22(26)28)27(31)29-24-12-6-7-14-25(24)34-21-10-4-3-5-11-21/h3-17,30H,1-2H3,(H,29,31). The number of rotatable bonds is 7. The van der Waals surface area contributed by atoms with Crippen LogP contribution in [0.15, 0.2) is 106 Å². The van der Waals surface area contributed by atoms with Gasteiger partial charge < -0.3 is 5.32 Å². The largest absolute Gasteiger partial charge is 0.321 e. The molecule has 0 aliphatic rings. The number of benzene rings is 4. The van der Waals surface area contributed by atoms with E-state index in [-0.39, 0.29) is 15.5 Å². The fourth-order valence-corrected chi connectivity index (χ4v) is 5.95. The fourth-order valence-electron chi connectivity index (χ4n) is 3.38. The van der Waals surface area contributed by atoms with Gasteiger partial charge >= 0.3 is 0 Å². The Morgan fingerprint density at radius 2 is 1.51 bits per heavy atom. The van der Waals surface area contributed by atoms with Gasteiger partial charge in [0.15, 0.2) is 0 Å². The fraction of sp³-hybridized carbons (Fsp3) is 0.0741. The molecule has 1 amide bonds. The maximum Gasteiger partial charge on any atom is 0.263 e. The molecule has 4 aromatic carbocycles. The topological polar surface area (TPSA) is 75.3 Å². The average Bonchev–Trinajstić information content (AvgIpc) is 2.84. The van der Waals surface area contributed by atoms with Crippen molar-refractivity contribution in [1.29, 1.82) is 0 Å². The highest BCUT2D eigenvalue weighted by molar-refractivity contribution is 7.99. The second-order valence-corrected chi connectivity index (χ2v) is 11.0. The summed E-state index contributed by atoms with van der Waals surface area (Å²) in [6.07, 6.45) is 0. The number of para-hydroxylation sites is 1. The highest BCUT2D eigenvalue weighted by Crippen LogP contribution is 2.34. The smallest absolute Gasteiger partial charge is 0.263 e. The maximum atomic E-state index is 13.1. The molecular weight excluding hydrogens is 500 g/mol. The Kier molecular flexibility index (Phi) is 7.50. The lowest BCUT2D eigenvalue weighted by Gasteiger charge is -2.14. The number of nitrogens with one attached hydrogen (secondary N) is 2. The minimum absolute atomic E-state index is 0.0272. The number of amides is 1. The Balaban J connectivity index is 1.60. The zero-order valence-corrected chi connectivity index (χ0v) is 21.5. The van der Waals surface area contributed by atoms with Crippen LogP contribution >= 0.6 is 23.4 Å². The number of carbonyl (C=O) groups excluding carboxylic acids is 1. The van der Waals surface area contributed by atoms with Crippen molar-refractivity contribution in [2.45, 2.75) is 28.5 Å². The van der Waals surface area contributed by atoms with Crippen LogP contribution < -0.4 is 10.0 Å². The number of anilines is 2. The summed E-state index contributed by atoms with van der Waals surface area (Å²) in [5.41, 5.74) is 3.03. The zero-order valence-electron chi connectivity index (χ0n) is 19.1. The normalized spacial score (nSPS) is 11.2. The quantitative estimate of drug-likeness (QED) is 0.270. The molecule has 2 N–H and O–H groups in total. The highest BCUT2D eigenvalue weighted by atomic mass is 35.5. The predicted molar refractivity (Wildman–Crippen MR) is 143 cm³/mol. The Bertz CT molecular complexity index is 1490. The minimum atomic E-state index is -4.03.